The molecule has 0 radical (unpaired) electrons. The lowest BCUT2D eigenvalue weighted by molar-refractivity contribution is 0.0950. The van der Waals surface area contributed by atoms with E-state index in [-0.39, 0.29) is 28.9 Å². The number of halogens is 1. The highest BCUT2D eigenvalue weighted by Gasteiger charge is 2.47. The zero-order valence-electron chi connectivity index (χ0n) is 19.5. The Labute approximate surface area is 202 Å². The van der Waals surface area contributed by atoms with Gasteiger partial charge in [0.15, 0.2) is 5.82 Å². The largest absolute Gasteiger partial charge is 0.492 e. The van der Waals surface area contributed by atoms with Crippen molar-refractivity contribution in [1.82, 2.24) is 14.9 Å². The fraction of sp³-hybridized carbons (Fsp3) is 0.346. The van der Waals surface area contributed by atoms with Crippen molar-refractivity contribution in [1.29, 1.82) is 0 Å². The summed E-state index contributed by atoms with van der Waals surface area (Å²) in [6.07, 6.45) is 6.43. The standard InChI is InChI=1S/C26H28FN5O3/c1-16-20(27)14-17(24(33)30-18-6-7-18)15-21(16)32-12-11-29-23(25(32)34)31-26(8-9-26)19-4-2-3-5-22(19)35-13-10-28/h2-5,11-12,14-15,18H,6-10,13,28H2,1H3,(H,29,31)(H,30,33). The fourth-order valence-electron chi connectivity index (χ4n) is 4.20. The van der Waals surface area contributed by atoms with E-state index in [1.54, 1.807) is 13.0 Å². The summed E-state index contributed by atoms with van der Waals surface area (Å²) in [5.74, 6) is -0.0387. The first-order chi connectivity index (χ1) is 16.9. The Morgan fingerprint density at radius 1 is 1.29 bits per heavy atom. The molecule has 2 saturated carbocycles. The van der Waals surface area contributed by atoms with E-state index in [0.717, 1.165) is 31.2 Å². The number of nitrogens with two attached hydrogens (primary N) is 1. The Morgan fingerprint density at radius 2 is 2.06 bits per heavy atom. The van der Waals surface area contributed by atoms with Crippen LogP contribution in [-0.2, 0) is 5.54 Å². The Kier molecular flexibility index (Phi) is 6.02. The average molecular weight is 478 g/mol. The van der Waals surface area contributed by atoms with Crippen LogP contribution in [0, 0.1) is 12.7 Å². The van der Waals surface area contributed by atoms with E-state index in [0.29, 0.717) is 24.6 Å². The van der Waals surface area contributed by atoms with Crippen molar-refractivity contribution < 1.29 is 13.9 Å². The molecule has 2 aliphatic rings. The Balaban J connectivity index is 1.48. The van der Waals surface area contributed by atoms with Gasteiger partial charge in [0.2, 0.25) is 0 Å². The normalized spacial score (nSPS) is 16.0. The molecule has 2 fully saturated rings. The minimum atomic E-state index is -0.550. The summed E-state index contributed by atoms with van der Waals surface area (Å²) in [7, 11) is 0. The number of nitrogens with one attached hydrogen (secondary N) is 2. The van der Waals surface area contributed by atoms with E-state index < -0.39 is 16.9 Å². The summed E-state index contributed by atoms with van der Waals surface area (Å²) in [6, 6.07) is 10.6. The van der Waals surface area contributed by atoms with Gasteiger partial charge >= 0.3 is 0 Å². The second-order valence-electron chi connectivity index (χ2n) is 9.14. The van der Waals surface area contributed by atoms with Crippen molar-refractivity contribution in [3.8, 4) is 11.4 Å². The topological polar surface area (TPSA) is 111 Å². The van der Waals surface area contributed by atoms with E-state index in [4.69, 9.17) is 10.5 Å². The number of rotatable bonds is 9. The molecule has 0 saturated heterocycles. The highest BCUT2D eigenvalue weighted by atomic mass is 19.1. The van der Waals surface area contributed by atoms with Crippen LogP contribution in [0.25, 0.3) is 5.69 Å². The lowest BCUT2D eigenvalue weighted by Gasteiger charge is -2.22. The van der Waals surface area contributed by atoms with E-state index in [9.17, 15) is 14.0 Å². The van der Waals surface area contributed by atoms with Crippen LogP contribution in [-0.4, -0.2) is 34.7 Å². The number of amides is 1. The van der Waals surface area contributed by atoms with Gasteiger partial charge < -0.3 is 21.1 Å². The highest BCUT2D eigenvalue weighted by Crippen LogP contribution is 2.50. The summed E-state index contributed by atoms with van der Waals surface area (Å²) in [4.78, 5) is 30.3. The average Bonchev–Trinajstić information content (AvgIpc) is 3.79. The van der Waals surface area contributed by atoms with Crippen LogP contribution in [0.4, 0.5) is 10.2 Å². The molecule has 4 N–H and O–H groups in total. The molecule has 35 heavy (non-hydrogen) atoms. The number of aromatic nitrogens is 2. The Hall–Kier alpha value is -3.72. The molecule has 2 aliphatic carbocycles. The smallest absolute Gasteiger partial charge is 0.297 e. The maximum atomic E-state index is 14.8. The zero-order valence-corrected chi connectivity index (χ0v) is 19.5. The van der Waals surface area contributed by atoms with Crippen LogP contribution in [0.1, 0.15) is 47.2 Å². The molecular formula is C26H28FN5O3. The number of anilines is 1. The van der Waals surface area contributed by atoms with Crippen molar-refractivity contribution in [2.75, 3.05) is 18.5 Å². The lowest BCUT2D eigenvalue weighted by atomic mass is 10.0. The van der Waals surface area contributed by atoms with Crippen LogP contribution in [0.2, 0.25) is 0 Å². The Morgan fingerprint density at radius 3 is 2.77 bits per heavy atom. The van der Waals surface area contributed by atoms with Crippen LogP contribution < -0.4 is 26.7 Å². The third-order valence-corrected chi connectivity index (χ3v) is 6.48. The summed E-state index contributed by atoms with van der Waals surface area (Å²) in [6.45, 7) is 2.37. The SMILES string of the molecule is Cc1c(F)cc(C(=O)NC2CC2)cc1-n1ccnc(NC2(c3ccccc3OCCN)CC2)c1=O. The van der Waals surface area contributed by atoms with Gasteiger partial charge in [0.05, 0.1) is 11.2 Å². The second-order valence-corrected chi connectivity index (χ2v) is 9.14. The first-order valence-corrected chi connectivity index (χ1v) is 11.8. The van der Waals surface area contributed by atoms with Gasteiger partial charge in [0.25, 0.3) is 11.5 Å². The third-order valence-electron chi connectivity index (χ3n) is 6.48. The first-order valence-electron chi connectivity index (χ1n) is 11.8. The van der Waals surface area contributed by atoms with Crippen molar-refractivity contribution >= 4 is 11.7 Å². The number of hydrogen-bond acceptors (Lipinski definition) is 6. The van der Waals surface area contributed by atoms with Crippen molar-refractivity contribution in [3.63, 3.8) is 0 Å². The summed E-state index contributed by atoms with van der Waals surface area (Å²) < 4.78 is 21.9. The van der Waals surface area contributed by atoms with Crippen molar-refractivity contribution in [2.45, 2.75) is 44.2 Å². The number of benzene rings is 2. The molecule has 182 valence electrons. The molecule has 2 aromatic carbocycles. The van der Waals surface area contributed by atoms with Gasteiger partial charge in [-0.15, -0.1) is 0 Å². The minimum Gasteiger partial charge on any atom is -0.492 e. The molecule has 1 amide bonds. The molecule has 0 spiro atoms. The van der Waals surface area contributed by atoms with Gasteiger partial charge in [-0.2, -0.15) is 0 Å². The summed E-state index contributed by atoms with van der Waals surface area (Å²) >= 11 is 0. The molecule has 0 atom stereocenters. The fourth-order valence-corrected chi connectivity index (χ4v) is 4.20. The molecule has 8 nitrogen and oxygen atoms in total. The summed E-state index contributed by atoms with van der Waals surface area (Å²) in [5, 5.41) is 6.18. The quantitative estimate of drug-likeness (QED) is 0.437. The molecule has 1 aromatic heterocycles. The number of ether oxygens (including phenoxy) is 1. The molecule has 3 aromatic rings. The van der Waals surface area contributed by atoms with Crippen LogP contribution in [0.5, 0.6) is 5.75 Å². The van der Waals surface area contributed by atoms with Crippen LogP contribution in [0.15, 0.2) is 53.6 Å². The van der Waals surface area contributed by atoms with Crippen molar-refractivity contribution in [2.24, 2.45) is 5.73 Å². The highest BCUT2D eigenvalue weighted by molar-refractivity contribution is 5.95. The van der Waals surface area contributed by atoms with Gasteiger partial charge in [-0.25, -0.2) is 9.37 Å². The van der Waals surface area contributed by atoms with E-state index in [2.05, 4.69) is 15.6 Å². The zero-order chi connectivity index (χ0) is 24.6. The monoisotopic (exact) mass is 477 g/mol. The van der Waals surface area contributed by atoms with Gasteiger partial charge in [0.1, 0.15) is 18.2 Å². The molecule has 0 bridgehead atoms. The lowest BCUT2D eigenvalue weighted by Crippen LogP contribution is -2.30. The number of carbonyl (C=O) groups excluding carboxylic acids is 1. The number of hydrogen-bond donors (Lipinski definition) is 3. The van der Waals surface area contributed by atoms with Crippen LogP contribution in [0.3, 0.4) is 0 Å². The second kappa shape index (κ2) is 9.14. The van der Waals surface area contributed by atoms with Crippen molar-refractivity contribution in [3.05, 3.63) is 81.7 Å². The predicted octanol–water partition coefficient (Wildman–Crippen LogP) is 3.01. The van der Waals surface area contributed by atoms with Gasteiger partial charge in [-0.05, 0) is 50.8 Å². The van der Waals surface area contributed by atoms with E-state index in [1.165, 1.54) is 23.0 Å². The van der Waals surface area contributed by atoms with Gasteiger partial charge in [-0.1, -0.05) is 18.2 Å². The van der Waals surface area contributed by atoms with Gasteiger partial charge in [0, 0.05) is 41.7 Å². The molecule has 9 heteroatoms. The molecule has 0 aliphatic heterocycles. The third kappa shape index (κ3) is 4.64. The molecule has 0 unspecified atom stereocenters. The first kappa shape index (κ1) is 23.0. The minimum absolute atomic E-state index is 0.140. The Bertz CT molecular complexity index is 1330. The molecular weight excluding hydrogens is 449 g/mol. The number of nitrogens with zero attached hydrogens (tertiary/aromatic N) is 2. The summed E-state index contributed by atoms with van der Waals surface area (Å²) in [5.41, 5.74) is 6.38. The number of carbonyl (C=O) groups is 1. The maximum absolute atomic E-state index is 14.8. The predicted molar refractivity (Wildman–Crippen MR) is 131 cm³/mol. The number of para-hydroxylation sites is 1. The van der Waals surface area contributed by atoms with E-state index >= 15 is 0 Å². The maximum Gasteiger partial charge on any atom is 0.297 e. The molecule has 1 heterocycles. The van der Waals surface area contributed by atoms with Gasteiger partial charge in [-0.3, -0.25) is 14.2 Å². The molecule has 5 rings (SSSR count). The van der Waals surface area contributed by atoms with Crippen LogP contribution >= 0.6 is 0 Å². The van der Waals surface area contributed by atoms with E-state index in [1.807, 2.05) is 24.3 Å².